The number of aliphatic hydroxyl groups excluding tert-OH is 1. The first kappa shape index (κ1) is 20.1. The zero-order valence-electron chi connectivity index (χ0n) is 15.1. The fraction of sp³-hybridized carbons (Fsp3) is 1.00. The molecule has 0 aromatic rings. The fourth-order valence-corrected chi connectivity index (χ4v) is 6.57. The Morgan fingerprint density at radius 2 is 1.00 bits per heavy atom. The summed E-state index contributed by atoms with van der Waals surface area (Å²) in [4.78, 5) is 0. The Kier molecular flexibility index (Phi) is 9.17. The average molecular weight is 333 g/mol. The van der Waals surface area contributed by atoms with Gasteiger partial charge in [-0.05, 0) is 62.2 Å². The van der Waals surface area contributed by atoms with Crippen molar-refractivity contribution in [3.8, 4) is 0 Å². The first-order chi connectivity index (χ1) is 10.6. The summed E-state index contributed by atoms with van der Waals surface area (Å²) in [5.41, 5.74) is 0. The maximum Gasteiger partial charge on any atom is 0.500 e. The molecule has 22 heavy (non-hydrogen) atoms. The van der Waals surface area contributed by atoms with Gasteiger partial charge in [0.1, 0.15) is 0 Å². The minimum Gasteiger partial charge on any atom is -0.400 e. The third-order valence-electron chi connectivity index (χ3n) is 5.49. The Labute approximate surface area is 137 Å². The maximum absolute atomic E-state index is 7.00. The van der Waals surface area contributed by atoms with Crippen molar-refractivity contribution in [2.45, 2.75) is 57.9 Å². The molecule has 0 aromatic carbocycles. The van der Waals surface area contributed by atoms with Crippen LogP contribution in [-0.4, -0.2) is 42.4 Å². The molecule has 0 amide bonds. The summed E-state index contributed by atoms with van der Waals surface area (Å²) in [6.45, 7) is 2.08. The highest BCUT2D eigenvalue weighted by Gasteiger charge is 2.41. The van der Waals surface area contributed by atoms with E-state index in [1.54, 1.807) is 59.9 Å². The van der Waals surface area contributed by atoms with Gasteiger partial charge in [0.15, 0.2) is 0 Å². The van der Waals surface area contributed by atoms with Gasteiger partial charge in [0, 0.05) is 34.5 Å². The van der Waals surface area contributed by atoms with Crippen LogP contribution in [-0.2, 0) is 13.3 Å². The van der Waals surface area contributed by atoms with E-state index in [0.717, 1.165) is 19.6 Å². The first-order valence-electron chi connectivity index (χ1n) is 8.74. The molecule has 4 aliphatic rings. The molecule has 0 radical (unpaired) electrons. The Hall–Kier alpha value is 0.0569. The van der Waals surface area contributed by atoms with E-state index in [2.05, 4.69) is 6.92 Å². The normalized spacial score (nSPS) is 31.9. The van der Waals surface area contributed by atoms with Crippen molar-refractivity contribution >= 4 is 8.80 Å². The quantitative estimate of drug-likeness (QED) is 0.780. The van der Waals surface area contributed by atoms with Crippen LogP contribution in [0.25, 0.3) is 0 Å². The van der Waals surface area contributed by atoms with E-state index in [-0.39, 0.29) is 0 Å². The largest absolute Gasteiger partial charge is 0.500 e. The van der Waals surface area contributed by atoms with Crippen LogP contribution >= 0.6 is 0 Å². The van der Waals surface area contributed by atoms with E-state index < -0.39 is 8.80 Å². The van der Waals surface area contributed by atoms with Gasteiger partial charge in [-0.3, -0.25) is 0 Å². The first-order valence-corrected chi connectivity index (χ1v) is 10.7. The van der Waals surface area contributed by atoms with Gasteiger partial charge in [0.2, 0.25) is 0 Å². The van der Waals surface area contributed by atoms with Gasteiger partial charge >= 0.3 is 8.80 Å². The molecule has 0 aromatic heterocycles. The van der Waals surface area contributed by atoms with Gasteiger partial charge in [-0.1, -0.05) is 13.3 Å². The third-order valence-corrected chi connectivity index (χ3v) is 8.47. The molecule has 4 fully saturated rings. The van der Waals surface area contributed by atoms with E-state index in [9.17, 15) is 0 Å². The molecule has 1 N–H and O–H groups in total. The SMILES string of the molecule is C1C2CC3CC1CC(C2)C3.CCC[Si](OC)(OC)OC.CO. The minimum atomic E-state index is -2.22. The molecule has 4 rings (SSSR count). The van der Waals surface area contributed by atoms with Crippen LogP contribution < -0.4 is 0 Å². The smallest absolute Gasteiger partial charge is 0.400 e. The van der Waals surface area contributed by atoms with E-state index in [1.807, 2.05) is 0 Å². The zero-order chi connectivity index (χ0) is 16.6. The Balaban J connectivity index is 0.000000198. The van der Waals surface area contributed by atoms with Crippen LogP contribution in [0, 0.1) is 23.7 Å². The molecule has 0 spiro atoms. The lowest BCUT2D eigenvalue weighted by Crippen LogP contribution is -2.42. The molecule has 4 saturated carbocycles. The van der Waals surface area contributed by atoms with Gasteiger partial charge in [0.25, 0.3) is 0 Å². The van der Waals surface area contributed by atoms with Gasteiger partial charge in [-0.2, -0.15) is 0 Å². The van der Waals surface area contributed by atoms with Crippen molar-refractivity contribution in [3.05, 3.63) is 0 Å². The Morgan fingerprint density at radius 3 is 1.14 bits per heavy atom. The summed E-state index contributed by atoms with van der Waals surface area (Å²) in [6, 6.07) is 0.885. The molecule has 0 aliphatic heterocycles. The van der Waals surface area contributed by atoms with Crippen LogP contribution in [0.3, 0.4) is 0 Å². The lowest BCUT2D eigenvalue weighted by molar-refractivity contribution is 0.0198. The van der Waals surface area contributed by atoms with Gasteiger partial charge in [-0.15, -0.1) is 0 Å². The second-order valence-electron chi connectivity index (χ2n) is 6.92. The lowest BCUT2D eigenvalue weighted by Gasteiger charge is -2.49. The maximum atomic E-state index is 7.00. The summed E-state index contributed by atoms with van der Waals surface area (Å²) in [5, 5.41) is 7.00. The van der Waals surface area contributed by atoms with Crippen molar-refractivity contribution in [2.75, 3.05) is 28.4 Å². The summed E-state index contributed by atoms with van der Waals surface area (Å²) in [6.07, 6.45) is 10.7. The summed E-state index contributed by atoms with van der Waals surface area (Å²) in [5.74, 6) is 4.71. The van der Waals surface area contributed by atoms with Crippen LogP contribution in [0.2, 0.25) is 6.04 Å². The molecule has 0 unspecified atom stereocenters. The number of rotatable bonds is 5. The van der Waals surface area contributed by atoms with Gasteiger partial charge in [-0.25, -0.2) is 0 Å². The van der Waals surface area contributed by atoms with Gasteiger partial charge < -0.3 is 18.4 Å². The topological polar surface area (TPSA) is 47.9 Å². The van der Waals surface area contributed by atoms with E-state index in [1.165, 1.54) is 23.7 Å². The Bertz CT molecular complexity index is 230. The highest BCUT2D eigenvalue weighted by Crippen LogP contribution is 2.53. The number of hydrogen-bond acceptors (Lipinski definition) is 4. The molecule has 4 aliphatic carbocycles. The Morgan fingerprint density at radius 1 is 0.727 bits per heavy atom. The summed E-state index contributed by atoms with van der Waals surface area (Å²) >= 11 is 0. The molecule has 4 bridgehead atoms. The third kappa shape index (κ3) is 5.30. The molecule has 0 atom stereocenters. The molecule has 0 heterocycles. The van der Waals surface area contributed by atoms with Crippen LogP contribution in [0.1, 0.15) is 51.9 Å². The van der Waals surface area contributed by atoms with E-state index in [4.69, 9.17) is 18.4 Å². The standard InChI is InChI=1S/C10H16.C6H16O3Si.CH4O/c1-7-2-9-4-8(1)5-10(3-7)6-9;1-5-6-10(7-2,8-3)9-4;1-2/h7-10H,1-6H2;5-6H2,1-4H3;2H,1H3. The number of hydrogen-bond donors (Lipinski definition) is 1. The zero-order valence-corrected chi connectivity index (χ0v) is 16.1. The lowest BCUT2D eigenvalue weighted by atomic mass is 9.56. The predicted molar refractivity (Wildman–Crippen MR) is 91.7 cm³/mol. The second kappa shape index (κ2) is 10.0. The highest BCUT2D eigenvalue weighted by molar-refractivity contribution is 6.60. The molecule has 132 valence electrons. The van der Waals surface area contributed by atoms with Crippen molar-refractivity contribution < 1.29 is 18.4 Å². The molecular formula is C17H36O4Si. The van der Waals surface area contributed by atoms with Crippen molar-refractivity contribution in [1.29, 1.82) is 0 Å². The molecule has 0 saturated heterocycles. The predicted octanol–water partition coefficient (Wildman–Crippen LogP) is 3.72. The summed E-state index contributed by atoms with van der Waals surface area (Å²) < 4.78 is 15.5. The van der Waals surface area contributed by atoms with E-state index in [0.29, 0.717) is 0 Å². The van der Waals surface area contributed by atoms with E-state index >= 15 is 0 Å². The summed E-state index contributed by atoms with van der Waals surface area (Å²) in [7, 11) is 3.68. The van der Waals surface area contributed by atoms with Crippen LogP contribution in [0.5, 0.6) is 0 Å². The second-order valence-corrected chi connectivity index (χ2v) is 10.0. The monoisotopic (exact) mass is 332 g/mol. The molecule has 5 heteroatoms. The van der Waals surface area contributed by atoms with Crippen molar-refractivity contribution in [1.82, 2.24) is 0 Å². The molecule has 4 nitrogen and oxygen atoms in total. The van der Waals surface area contributed by atoms with Crippen molar-refractivity contribution in [2.24, 2.45) is 23.7 Å². The minimum absolute atomic E-state index is 0.885. The average Bonchev–Trinajstić information content (AvgIpc) is 2.54. The fourth-order valence-electron chi connectivity index (χ4n) is 4.85. The van der Waals surface area contributed by atoms with Crippen molar-refractivity contribution in [3.63, 3.8) is 0 Å². The van der Waals surface area contributed by atoms with Crippen LogP contribution in [0.15, 0.2) is 0 Å². The molecular weight excluding hydrogens is 296 g/mol. The van der Waals surface area contributed by atoms with Crippen LogP contribution in [0.4, 0.5) is 0 Å². The highest BCUT2D eigenvalue weighted by atomic mass is 28.4. The number of aliphatic hydroxyl groups is 1. The van der Waals surface area contributed by atoms with Gasteiger partial charge in [0.05, 0.1) is 0 Å².